The van der Waals surface area contributed by atoms with Gasteiger partial charge in [0.05, 0.1) is 12.6 Å². The van der Waals surface area contributed by atoms with Crippen LogP contribution in [0.5, 0.6) is 5.75 Å². The second-order valence-electron chi connectivity index (χ2n) is 7.26. The number of benzene rings is 2. The highest BCUT2D eigenvalue weighted by Crippen LogP contribution is 2.38. The summed E-state index contributed by atoms with van der Waals surface area (Å²) in [6.07, 6.45) is 1.80. The third kappa shape index (κ3) is 4.68. The van der Waals surface area contributed by atoms with Crippen LogP contribution in [-0.2, 0) is 0 Å². The first kappa shape index (κ1) is 22.3. The van der Waals surface area contributed by atoms with E-state index >= 15 is 0 Å². The molecule has 1 heterocycles. The topological polar surface area (TPSA) is 41.6 Å². The quantitative estimate of drug-likeness (QED) is 0.405. The number of Topliss-reactive ketones (excluding diaryl/α,β-unsaturated/α-hetero) is 1. The summed E-state index contributed by atoms with van der Waals surface area (Å²) in [4.78, 5) is 15.6. The molecule has 1 unspecified atom stereocenters. The first-order valence-corrected chi connectivity index (χ1v) is 11.1. The highest BCUT2D eigenvalue weighted by molar-refractivity contribution is 7.80. The highest BCUT2D eigenvalue weighted by Gasteiger charge is 2.35. The zero-order chi connectivity index (χ0) is 21.7. The molecule has 1 atom stereocenters. The van der Waals surface area contributed by atoms with E-state index < -0.39 is 6.04 Å². The maximum Gasteiger partial charge on any atom is 0.193 e. The molecule has 0 saturated heterocycles. The molecule has 30 heavy (non-hydrogen) atoms. The van der Waals surface area contributed by atoms with Crippen molar-refractivity contribution >= 4 is 34.7 Å². The van der Waals surface area contributed by atoms with Crippen LogP contribution < -0.4 is 10.1 Å². The maximum atomic E-state index is 13.6. The summed E-state index contributed by atoms with van der Waals surface area (Å²) in [6, 6.07) is 14.4. The number of nitrogens with one attached hydrogen (secondary N) is 1. The molecule has 3 rings (SSSR count). The van der Waals surface area contributed by atoms with Crippen molar-refractivity contribution in [2.75, 3.05) is 13.2 Å². The Kier molecular flexibility index (Phi) is 7.51. The van der Waals surface area contributed by atoms with E-state index in [9.17, 15) is 4.79 Å². The number of carbonyl (C=O) groups excluding carboxylic acids is 1. The fraction of sp³-hybridized carbons (Fsp3) is 0.333. The molecule has 0 fully saturated rings. The van der Waals surface area contributed by atoms with Crippen molar-refractivity contribution in [3.63, 3.8) is 0 Å². The van der Waals surface area contributed by atoms with Crippen molar-refractivity contribution in [3.05, 3.63) is 76.0 Å². The van der Waals surface area contributed by atoms with Crippen molar-refractivity contribution in [1.82, 2.24) is 10.2 Å². The summed E-state index contributed by atoms with van der Waals surface area (Å²) >= 11 is 12.0. The Morgan fingerprint density at radius 3 is 2.57 bits per heavy atom. The van der Waals surface area contributed by atoms with Crippen molar-refractivity contribution in [2.45, 2.75) is 39.7 Å². The number of halogens is 1. The largest absolute Gasteiger partial charge is 0.493 e. The molecule has 0 aliphatic carbocycles. The Morgan fingerprint density at radius 2 is 1.90 bits per heavy atom. The fourth-order valence-corrected chi connectivity index (χ4v) is 4.16. The molecule has 0 amide bonds. The minimum Gasteiger partial charge on any atom is -0.493 e. The van der Waals surface area contributed by atoms with Crippen LogP contribution in [0.3, 0.4) is 0 Å². The number of hydrogen-bond acceptors (Lipinski definition) is 3. The first-order chi connectivity index (χ1) is 14.5. The summed E-state index contributed by atoms with van der Waals surface area (Å²) in [7, 11) is 0. The summed E-state index contributed by atoms with van der Waals surface area (Å²) in [5, 5.41) is 4.57. The predicted octanol–water partition coefficient (Wildman–Crippen LogP) is 5.93. The van der Waals surface area contributed by atoms with Crippen LogP contribution >= 0.6 is 23.8 Å². The number of nitrogens with zero attached hydrogens (tertiary/aromatic N) is 1. The van der Waals surface area contributed by atoms with Gasteiger partial charge in [0.1, 0.15) is 5.75 Å². The lowest BCUT2D eigenvalue weighted by Gasteiger charge is -2.38. The minimum absolute atomic E-state index is 0.0318. The Labute approximate surface area is 188 Å². The molecule has 1 aliphatic rings. The van der Waals surface area contributed by atoms with Gasteiger partial charge >= 0.3 is 0 Å². The Balaban J connectivity index is 2.16. The van der Waals surface area contributed by atoms with Crippen molar-refractivity contribution < 1.29 is 9.53 Å². The number of carbonyl (C=O) groups is 1. The van der Waals surface area contributed by atoms with Crippen LogP contribution in [-0.4, -0.2) is 28.9 Å². The van der Waals surface area contributed by atoms with Gasteiger partial charge in [-0.1, -0.05) is 55.8 Å². The molecule has 1 N–H and O–H groups in total. The van der Waals surface area contributed by atoms with E-state index in [4.69, 9.17) is 28.6 Å². The van der Waals surface area contributed by atoms with Gasteiger partial charge in [0.15, 0.2) is 10.9 Å². The molecule has 0 radical (unpaired) electrons. The van der Waals surface area contributed by atoms with E-state index in [0.29, 0.717) is 33.6 Å². The molecule has 1 aliphatic heterocycles. The maximum absolute atomic E-state index is 13.6. The summed E-state index contributed by atoms with van der Waals surface area (Å²) in [5.74, 6) is 0.673. The highest BCUT2D eigenvalue weighted by atomic mass is 35.5. The Hall–Kier alpha value is -2.37. The van der Waals surface area contributed by atoms with E-state index in [1.165, 1.54) is 0 Å². The van der Waals surface area contributed by atoms with Gasteiger partial charge in [0, 0.05) is 34.0 Å². The van der Waals surface area contributed by atoms with E-state index in [0.717, 1.165) is 30.6 Å². The van der Waals surface area contributed by atoms with Crippen molar-refractivity contribution in [2.24, 2.45) is 0 Å². The van der Waals surface area contributed by atoms with Gasteiger partial charge in [-0.25, -0.2) is 0 Å². The second-order valence-corrected chi connectivity index (χ2v) is 8.08. The first-order valence-electron chi connectivity index (χ1n) is 10.3. The summed E-state index contributed by atoms with van der Waals surface area (Å²) in [5.41, 5.74) is 2.97. The normalized spacial score (nSPS) is 16.5. The lowest BCUT2D eigenvalue weighted by Crippen LogP contribution is -2.48. The molecule has 0 aromatic heterocycles. The second kappa shape index (κ2) is 10.1. The van der Waals surface area contributed by atoms with Crippen LogP contribution in [0.25, 0.3) is 0 Å². The Bertz CT molecular complexity index is 959. The van der Waals surface area contributed by atoms with Crippen molar-refractivity contribution in [1.29, 1.82) is 0 Å². The number of thiocarbonyl (C=S) groups is 1. The summed E-state index contributed by atoms with van der Waals surface area (Å²) < 4.78 is 5.98. The molecule has 0 spiro atoms. The van der Waals surface area contributed by atoms with Crippen LogP contribution in [0.2, 0.25) is 5.02 Å². The number of hydrogen-bond donors (Lipinski definition) is 1. The van der Waals surface area contributed by atoms with Gasteiger partial charge in [-0.15, -0.1) is 0 Å². The van der Waals surface area contributed by atoms with Crippen LogP contribution in [0.1, 0.15) is 55.6 Å². The van der Waals surface area contributed by atoms with E-state index in [-0.39, 0.29) is 5.78 Å². The van der Waals surface area contributed by atoms with Gasteiger partial charge in [-0.2, -0.15) is 0 Å². The molecule has 158 valence electrons. The van der Waals surface area contributed by atoms with Gasteiger partial charge in [0.25, 0.3) is 0 Å². The number of ketones is 1. The van der Waals surface area contributed by atoms with Gasteiger partial charge < -0.3 is 15.0 Å². The average Bonchev–Trinajstić information content (AvgIpc) is 2.75. The average molecular weight is 443 g/mol. The van der Waals surface area contributed by atoms with Crippen LogP contribution in [0.15, 0.2) is 59.8 Å². The van der Waals surface area contributed by atoms with Gasteiger partial charge in [-0.05, 0) is 50.2 Å². The molecule has 2 aromatic carbocycles. The van der Waals surface area contributed by atoms with Gasteiger partial charge in [-0.3, -0.25) is 4.79 Å². The molecule has 2 aromatic rings. The summed E-state index contributed by atoms with van der Waals surface area (Å²) in [6.45, 7) is 7.43. The number of allylic oxidation sites excluding steroid dienone is 1. The standard InChI is InChI=1S/C24H27ClN2O2S/c1-4-13-27-16(3)21(23(28)17-9-7-6-8-10-17)22(26-24(27)30)19-15-18(25)11-12-20(19)29-14-5-2/h6-12,15,22H,4-5,13-14H2,1-3H3,(H,26,30). The number of rotatable bonds is 8. The fourth-order valence-electron chi connectivity index (χ4n) is 3.64. The third-order valence-electron chi connectivity index (χ3n) is 5.07. The van der Waals surface area contributed by atoms with Crippen molar-refractivity contribution in [3.8, 4) is 5.75 Å². The lowest BCUT2D eigenvalue weighted by atomic mass is 9.88. The molecule has 6 heteroatoms. The smallest absolute Gasteiger partial charge is 0.193 e. The molecule has 0 saturated carbocycles. The molecular formula is C24H27ClN2O2S. The zero-order valence-electron chi connectivity index (χ0n) is 17.6. The number of ether oxygens (including phenoxy) is 1. The van der Waals surface area contributed by atoms with E-state index in [1.807, 2.05) is 54.3 Å². The molecular weight excluding hydrogens is 416 g/mol. The molecule has 0 bridgehead atoms. The Morgan fingerprint density at radius 1 is 1.17 bits per heavy atom. The SMILES string of the molecule is CCCOc1ccc(Cl)cc1C1NC(=S)N(CCC)C(C)=C1C(=O)c1ccccc1. The predicted molar refractivity (Wildman–Crippen MR) is 126 cm³/mol. The van der Waals surface area contributed by atoms with E-state index in [2.05, 4.69) is 19.2 Å². The third-order valence-corrected chi connectivity index (χ3v) is 5.64. The zero-order valence-corrected chi connectivity index (χ0v) is 19.1. The lowest BCUT2D eigenvalue weighted by molar-refractivity contribution is 0.102. The minimum atomic E-state index is -0.441. The molecule has 4 nitrogen and oxygen atoms in total. The van der Waals surface area contributed by atoms with Crippen LogP contribution in [0, 0.1) is 0 Å². The van der Waals surface area contributed by atoms with Crippen LogP contribution in [0.4, 0.5) is 0 Å². The van der Waals surface area contributed by atoms with Gasteiger partial charge in [0.2, 0.25) is 0 Å². The van der Waals surface area contributed by atoms with E-state index in [1.54, 1.807) is 6.07 Å². The monoisotopic (exact) mass is 442 g/mol.